The fraction of sp³-hybridized carbons (Fsp3) is 0.600. The molecule has 1 N–H and O–H groups in total. The number of benzene rings is 1. The Morgan fingerprint density at radius 2 is 2.00 bits per heavy atom. The average molecular weight is 269 g/mol. The number of halogens is 1. The molecule has 0 aliphatic heterocycles. The summed E-state index contributed by atoms with van der Waals surface area (Å²) in [5, 5.41) is 3.10. The summed E-state index contributed by atoms with van der Waals surface area (Å²) in [7, 11) is 1.84. The standard InChI is InChI=1S/C15H24FNO2/c1-5-6-18-7-8-19-15-9-11(2)14(16)10-13(15)12(3)17-4/h9-10,12,17H,5-8H2,1-4H3. The second-order valence-corrected chi connectivity index (χ2v) is 4.61. The Morgan fingerprint density at radius 3 is 2.63 bits per heavy atom. The van der Waals surface area contributed by atoms with Crippen LogP contribution in [0, 0.1) is 12.7 Å². The molecule has 0 fully saturated rings. The van der Waals surface area contributed by atoms with Crippen LogP contribution in [0.25, 0.3) is 0 Å². The van der Waals surface area contributed by atoms with Crippen LogP contribution < -0.4 is 10.1 Å². The van der Waals surface area contributed by atoms with Crippen LogP contribution in [0.2, 0.25) is 0 Å². The summed E-state index contributed by atoms with van der Waals surface area (Å²) in [5.74, 6) is 0.521. The van der Waals surface area contributed by atoms with E-state index in [0.717, 1.165) is 24.3 Å². The van der Waals surface area contributed by atoms with Gasteiger partial charge < -0.3 is 14.8 Å². The number of rotatable bonds is 8. The fourth-order valence-corrected chi connectivity index (χ4v) is 1.75. The van der Waals surface area contributed by atoms with Gasteiger partial charge in [-0.25, -0.2) is 4.39 Å². The second-order valence-electron chi connectivity index (χ2n) is 4.61. The molecule has 0 aromatic heterocycles. The maximum Gasteiger partial charge on any atom is 0.126 e. The normalized spacial score (nSPS) is 12.5. The highest BCUT2D eigenvalue weighted by Crippen LogP contribution is 2.28. The third-order valence-corrected chi connectivity index (χ3v) is 3.02. The Bertz CT molecular complexity index is 396. The van der Waals surface area contributed by atoms with Gasteiger partial charge in [0.1, 0.15) is 18.2 Å². The largest absolute Gasteiger partial charge is 0.491 e. The molecule has 0 heterocycles. The lowest BCUT2D eigenvalue weighted by Crippen LogP contribution is -2.16. The van der Waals surface area contributed by atoms with Crippen molar-refractivity contribution in [3.63, 3.8) is 0 Å². The van der Waals surface area contributed by atoms with Crippen LogP contribution in [-0.4, -0.2) is 26.9 Å². The lowest BCUT2D eigenvalue weighted by atomic mass is 10.0. The van der Waals surface area contributed by atoms with E-state index in [4.69, 9.17) is 9.47 Å². The molecule has 0 saturated carbocycles. The number of nitrogens with one attached hydrogen (secondary N) is 1. The summed E-state index contributed by atoms with van der Waals surface area (Å²) in [6.07, 6.45) is 0.998. The van der Waals surface area contributed by atoms with Crippen molar-refractivity contribution in [2.75, 3.05) is 26.9 Å². The molecule has 0 amide bonds. The van der Waals surface area contributed by atoms with Gasteiger partial charge in [-0.3, -0.25) is 0 Å². The molecule has 1 aromatic carbocycles. The molecule has 1 rings (SSSR count). The summed E-state index contributed by atoms with van der Waals surface area (Å²) in [6.45, 7) is 7.56. The summed E-state index contributed by atoms with van der Waals surface area (Å²) >= 11 is 0. The van der Waals surface area contributed by atoms with Crippen LogP contribution in [0.4, 0.5) is 4.39 Å². The molecule has 0 bridgehead atoms. The quantitative estimate of drug-likeness (QED) is 0.735. The van der Waals surface area contributed by atoms with E-state index in [-0.39, 0.29) is 11.9 Å². The van der Waals surface area contributed by atoms with Crippen LogP contribution in [0.15, 0.2) is 12.1 Å². The highest BCUT2D eigenvalue weighted by Gasteiger charge is 2.13. The molecule has 1 unspecified atom stereocenters. The first-order chi connectivity index (χ1) is 9.10. The maximum absolute atomic E-state index is 13.6. The molecule has 0 spiro atoms. The highest BCUT2D eigenvalue weighted by molar-refractivity contribution is 5.40. The van der Waals surface area contributed by atoms with Gasteiger partial charge in [-0.2, -0.15) is 0 Å². The summed E-state index contributed by atoms with van der Waals surface area (Å²) in [6, 6.07) is 3.33. The van der Waals surface area contributed by atoms with Crippen molar-refractivity contribution in [2.45, 2.75) is 33.2 Å². The Balaban J connectivity index is 2.71. The zero-order valence-electron chi connectivity index (χ0n) is 12.3. The minimum atomic E-state index is -0.202. The predicted octanol–water partition coefficient (Wildman–Crippen LogP) is 3.22. The molecule has 3 nitrogen and oxygen atoms in total. The van der Waals surface area contributed by atoms with E-state index in [0.29, 0.717) is 18.8 Å². The van der Waals surface area contributed by atoms with E-state index in [2.05, 4.69) is 12.2 Å². The minimum absolute atomic E-state index is 0.0432. The Kier molecular flexibility index (Phi) is 6.81. The zero-order valence-corrected chi connectivity index (χ0v) is 12.3. The van der Waals surface area contributed by atoms with E-state index in [1.165, 1.54) is 0 Å². The monoisotopic (exact) mass is 269 g/mol. The first kappa shape index (κ1) is 15.9. The molecule has 108 valence electrons. The van der Waals surface area contributed by atoms with Crippen LogP contribution in [0.3, 0.4) is 0 Å². The van der Waals surface area contributed by atoms with E-state index in [1.54, 1.807) is 19.1 Å². The summed E-state index contributed by atoms with van der Waals surface area (Å²) in [5.41, 5.74) is 1.43. The van der Waals surface area contributed by atoms with Gasteiger partial charge in [0.2, 0.25) is 0 Å². The number of aryl methyl sites for hydroxylation is 1. The van der Waals surface area contributed by atoms with E-state index < -0.39 is 0 Å². The molecule has 1 atom stereocenters. The van der Waals surface area contributed by atoms with Gasteiger partial charge in [-0.15, -0.1) is 0 Å². The van der Waals surface area contributed by atoms with Gasteiger partial charge in [-0.05, 0) is 45.0 Å². The van der Waals surface area contributed by atoms with Crippen LogP contribution in [0.1, 0.15) is 37.4 Å². The van der Waals surface area contributed by atoms with Crippen LogP contribution in [-0.2, 0) is 4.74 Å². The Hall–Kier alpha value is -1.13. The summed E-state index contributed by atoms with van der Waals surface area (Å²) in [4.78, 5) is 0. The highest BCUT2D eigenvalue weighted by atomic mass is 19.1. The van der Waals surface area contributed by atoms with Crippen LogP contribution >= 0.6 is 0 Å². The molecule has 0 saturated heterocycles. The van der Waals surface area contributed by atoms with Gasteiger partial charge in [0, 0.05) is 18.2 Å². The second kappa shape index (κ2) is 8.12. The first-order valence-corrected chi connectivity index (χ1v) is 6.78. The number of hydrogen-bond acceptors (Lipinski definition) is 3. The third kappa shape index (κ3) is 4.80. The van der Waals surface area contributed by atoms with E-state index >= 15 is 0 Å². The topological polar surface area (TPSA) is 30.5 Å². The lowest BCUT2D eigenvalue weighted by molar-refractivity contribution is 0.100. The Morgan fingerprint density at radius 1 is 1.26 bits per heavy atom. The van der Waals surface area contributed by atoms with Crippen molar-refractivity contribution in [3.8, 4) is 5.75 Å². The molecule has 0 aliphatic carbocycles. The van der Waals surface area contributed by atoms with Gasteiger partial charge >= 0.3 is 0 Å². The number of hydrogen-bond donors (Lipinski definition) is 1. The fourth-order valence-electron chi connectivity index (χ4n) is 1.75. The lowest BCUT2D eigenvalue weighted by Gasteiger charge is -2.17. The van der Waals surface area contributed by atoms with Gasteiger partial charge in [0.25, 0.3) is 0 Å². The summed E-state index contributed by atoms with van der Waals surface area (Å²) < 4.78 is 24.7. The molecule has 19 heavy (non-hydrogen) atoms. The smallest absolute Gasteiger partial charge is 0.126 e. The van der Waals surface area contributed by atoms with E-state index in [9.17, 15) is 4.39 Å². The molecule has 4 heteroatoms. The minimum Gasteiger partial charge on any atom is -0.491 e. The van der Waals surface area contributed by atoms with Crippen molar-refractivity contribution >= 4 is 0 Å². The van der Waals surface area contributed by atoms with Crippen molar-refractivity contribution in [2.24, 2.45) is 0 Å². The van der Waals surface area contributed by atoms with Crippen molar-refractivity contribution < 1.29 is 13.9 Å². The molecular formula is C15H24FNO2. The zero-order chi connectivity index (χ0) is 14.3. The molecule has 0 radical (unpaired) electrons. The maximum atomic E-state index is 13.6. The van der Waals surface area contributed by atoms with Crippen LogP contribution in [0.5, 0.6) is 5.75 Å². The molecule has 0 aliphatic rings. The van der Waals surface area contributed by atoms with Crippen molar-refractivity contribution in [1.82, 2.24) is 5.32 Å². The predicted molar refractivity (Wildman–Crippen MR) is 75.2 cm³/mol. The first-order valence-electron chi connectivity index (χ1n) is 6.78. The van der Waals surface area contributed by atoms with Gasteiger partial charge in [0.15, 0.2) is 0 Å². The SMILES string of the molecule is CCCOCCOc1cc(C)c(F)cc1C(C)NC. The van der Waals surface area contributed by atoms with Crippen molar-refractivity contribution in [1.29, 1.82) is 0 Å². The molecule has 1 aromatic rings. The number of ether oxygens (including phenoxy) is 2. The van der Waals surface area contributed by atoms with Gasteiger partial charge in [0.05, 0.1) is 6.61 Å². The Labute approximate surface area is 115 Å². The van der Waals surface area contributed by atoms with E-state index in [1.807, 2.05) is 14.0 Å². The van der Waals surface area contributed by atoms with Gasteiger partial charge in [-0.1, -0.05) is 6.92 Å². The average Bonchev–Trinajstić information content (AvgIpc) is 2.41. The van der Waals surface area contributed by atoms with Crippen molar-refractivity contribution in [3.05, 3.63) is 29.1 Å². The third-order valence-electron chi connectivity index (χ3n) is 3.02. The molecular weight excluding hydrogens is 245 g/mol.